The minimum Gasteiger partial charge on any atom is -0.223 e. The lowest BCUT2D eigenvalue weighted by Gasteiger charge is -2.02. The van der Waals surface area contributed by atoms with Crippen LogP contribution >= 0.6 is 22.9 Å². The van der Waals surface area contributed by atoms with Gasteiger partial charge in [-0.15, -0.1) is 11.3 Å². The van der Waals surface area contributed by atoms with Crippen LogP contribution in [0.4, 0.5) is 0 Å². The van der Waals surface area contributed by atoms with Crippen molar-refractivity contribution in [3.05, 3.63) is 51.7 Å². The molecule has 0 unspecified atom stereocenters. The Kier molecular flexibility index (Phi) is 3.33. The molecule has 16 heavy (non-hydrogen) atoms. The molecule has 0 saturated heterocycles. The van der Waals surface area contributed by atoms with Crippen LogP contribution in [-0.2, 0) is 15.6 Å². The van der Waals surface area contributed by atoms with Gasteiger partial charge in [0.1, 0.15) is 0 Å². The molecule has 0 bridgehead atoms. The highest BCUT2D eigenvalue weighted by Crippen LogP contribution is 2.19. The van der Waals surface area contributed by atoms with Crippen molar-refractivity contribution in [1.82, 2.24) is 0 Å². The third-order valence-corrected chi connectivity index (χ3v) is 4.63. The fourth-order valence-corrected chi connectivity index (χ4v) is 3.37. The largest absolute Gasteiger partial charge is 0.223 e. The van der Waals surface area contributed by atoms with Crippen molar-refractivity contribution in [1.29, 1.82) is 0 Å². The molecule has 5 heteroatoms. The Hall–Kier alpha value is -0.840. The Balaban J connectivity index is 2.29. The van der Waals surface area contributed by atoms with Crippen LogP contribution in [0.25, 0.3) is 0 Å². The van der Waals surface area contributed by atoms with Gasteiger partial charge in [0.15, 0.2) is 9.84 Å². The zero-order chi connectivity index (χ0) is 11.6. The maximum absolute atomic E-state index is 12.0. The molecule has 83 valence electrons. The van der Waals surface area contributed by atoms with Gasteiger partial charge in [-0.2, -0.15) is 0 Å². The highest BCUT2D eigenvalue weighted by molar-refractivity contribution is 7.90. The predicted molar refractivity (Wildman–Crippen MR) is 65.5 cm³/mol. The van der Waals surface area contributed by atoms with Crippen molar-refractivity contribution < 1.29 is 8.42 Å². The van der Waals surface area contributed by atoms with E-state index in [0.29, 0.717) is 10.6 Å². The molecule has 0 fully saturated rings. The number of hydrogen-bond donors (Lipinski definition) is 0. The lowest BCUT2D eigenvalue weighted by atomic mass is 10.4. The van der Waals surface area contributed by atoms with E-state index in [9.17, 15) is 8.42 Å². The standard InChI is InChI=1S/C11H8ClO2S2/c12-10-1-3-11(4-2-10)16(13,14)8-9-5-6-15-7-9/h1-6H,8H2. The smallest absolute Gasteiger partial charge is 0.182 e. The van der Waals surface area contributed by atoms with Gasteiger partial charge in [0, 0.05) is 10.4 Å². The van der Waals surface area contributed by atoms with Gasteiger partial charge >= 0.3 is 0 Å². The first-order valence-electron chi connectivity index (χ1n) is 4.50. The van der Waals surface area contributed by atoms with E-state index in [-0.39, 0.29) is 10.6 Å². The number of hydrogen-bond acceptors (Lipinski definition) is 3. The lowest BCUT2D eigenvalue weighted by Crippen LogP contribution is -2.03. The van der Waals surface area contributed by atoms with Crippen LogP contribution in [-0.4, -0.2) is 8.42 Å². The Morgan fingerprint density at radius 1 is 1.19 bits per heavy atom. The van der Waals surface area contributed by atoms with E-state index in [1.54, 1.807) is 18.2 Å². The predicted octanol–water partition coefficient (Wildman–Crippen LogP) is 3.18. The molecule has 0 atom stereocenters. The fraction of sp³-hybridized carbons (Fsp3) is 0.0909. The summed E-state index contributed by atoms with van der Waals surface area (Å²) in [6, 6.07) is 7.95. The van der Waals surface area contributed by atoms with E-state index in [0.717, 1.165) is 0 Å². The SMILES string of the molecule is O=S(=O)(Cc1[c]scc1)c1ccc(Cl)cc1. The average Bonchev–Trinajstić information content (AvgIpc) is 2.70. The van der Waals surface area contributed by atoms with Crippen LogP contribution in [0.15, 0.2) is 40.6 Å². The van der Waals surface area contributed by atoms with Gasteiger partial charge in [0.05, 0.1) is 10.6 Å². The molecule has 2 rings (SSSR count). The third-order valence-electron chi connectivity index (χ3n) is 2.05. The van der Waals surface area contributed by atoms with E-state index >= 15 is 0 Å². The van der Waals surface area contributed by atoms with Gasteiger partial charge in [-0.3, -0.25) is 0 Å². The summed E-state index contributed by atoms with van der Waals surface area (Å²) in [6.45, 7) is 0. The van der Waals surface area contributed by atoms with Gasteiger partial charge < -0.3 is 0 Å². The molecule has 1 heterocycles. The summed E-state index contributed by atoms with van der Waals surface area (Å²) in [6.07, 6.45) is 0. The highest BCUT2D eigenvalue weighted by atomic mass is 35.5. The molecule has 0 spiro atoms. The van der Waals surface area contributed by atoms with Crippen molar-refractivity contribution in [2.75, 3.05) is 0 Å². The summed E-state index contributed by atoms with van der Waals surface area (Å²) in [5, 5.41) is 5.25. The minimum atomic E-state index is -3.28. The molecule has 0 aliphatic rings. The van der Waals surface area contributed by atoms with E-state index in [4.69, 9.17) is 11.6 Å². The maximum atomic E-state index is 12.0. The normalized spacial score (nSPS) is 11.6. The molecule has 2 nitrogen and oxygen atoms in total. The van der Waals surface area contributed by atoms with Gasteiger partial charge in [0.25, 0.3) is 0 Å². The second kappa shape index (κ2) is 4.57. The molecule has 0 saturated carbocycles. The van der Waals surface area contributed by atoms with Crippen LogP contribution in [0, 0.1) is 5.38 Å². The third kappa shape index (κ3) is 2.64. The van der Waals surface area contributed by atoms with E-state index in [1.165, 1.54) is 23.5 Å². The van der Waals surface area contributed by atoms with Crippen LogP contribution < -0.4 is 0 Å². The number of benzene rings is 1. The van der Waals surface area contributed by atoms with E-state index in [1.807, 2.05) is 5.38 Å². The van der Waals surface area contributed by atoms with Crippen LogP contribution in [0.3, 0.4) is 0 Å². The van der Waals surface area contributed by atoms with Crippen LogP contribution in [0.5, 0.6) is 0 Å². The maximum Gasteiger partial charge on any atom is 0.182 e. The quantitative estimate of drug-likeness (QED) is 0.859. The summed E-state index contributed by atoms with van der Waals surface area (Å²) in [5.41, 5.74) is 0.694. The van der Waals surface area contributed by atoms with Crippen molar-refractivity contribution in [2.24, 2.45) is 0 Å². The number of sulfone groups is 1. The van der Waals surface area contributed by atoms with Gasteiger partial charge in [0.2, 0.25) is 0 Å². The molecule has 0 aliphatic heterocycles. The monoisotopic (exact) mass is 271 g/mol. The Bertz CT molecular complexity index is 557. The molecular formula is C11H8ClO2S2. The minimum absolute atomic E-state index is 0.0157. The van der Waals surface area contributed by atoms with Crippen molar-refractivity contribution in [2.45, 2.75) is 10.6 Å². The van der Waals surface area contributed by atoms with Crippen LogP contribution in [0.1, 0.15) is 5.56 Å². The lowest BCUT2D eigenvalue weighted by molar-refractivity contribution is 0.595. The average molecular weight is 272 g/mol. The van der Waals surface area contributed by atoms with Crippen molar-refractivity contribution in [3.63, 3.8) is 0 Å². The summed E-state index contributed by atoms with van der Waals surface area (Å²) >= 11 is 7.07. The Labute approximate surface area is 103 Å². The molecule has 0 aliphatic carbocycles. The summed E-state index contributed by atoms with van der Waals surface area (Å²) in [7, 11) is -3.28. The number of rotatable bonds is 3. The van der Waals surface area contributed by atoms with Crippen molar-refractivity contribution >= 4 is 32.8 Å². The second-order valence-corrected chi connectivity index (χ2v) is 6.40. The Morgan fingerprint density at radius 2 is 1.88 bits per heavy atom. The zero-order valence-electron chi connectivity index (χ0n) is 8.18. The topological polar surface area (TPSA) is 34.1 Å². The van der Waals surface area contributed by atoms with Crippen LogP contribution in [0.2, 0.25) is 5.02 Å². The van der Waals surface area contributed by atoms with E-state index in [2.05, 4.69) is 5.38 Å². The zero-order valence-corrected chi connectivity index (χ0v) is 10.6. The summed E-state index contributed by atoms with van der Waals surface area (Å²) in [5.74, 6) is -0.0157. The molecule has 1 aromatic carbocycles. The number of thiophene rings is 1. The Morgan fingerprint density at radius 3 is 2.44 bits per heavy atom. The van der Waals surface area contributed by atoms with Gasteiger partial charge in [-0.05, 0) is 41.3 Å². The second-order valence-electron chi connectivity index (χ2n) is 3.26. The first kappa shape index (κ1) is 11.6. The molecule has 0 amide bonds. The summed E-state index contributed by atoms with van der Waals surface area (Å²) in [4.78, 5) is 0.288. The molecule has 1 radical (unpaired) electrons. The number of halogens is 1. The molecule has 0 N–H and O–H groups in total. The van der Waals surface area contributed by atoms with Crippen molar-refractivity contribution in [3.8, 4) is 0 Å². The first-order valence-corrected chi connectivity index (χ1v) is 7.41. The molecular weight excluding hydrogens is 264 g/mol. The highest BCUT2D eigenvalue weighted by Gasteiger charge is 2.15. The molecule has 2 aromatic rings. The first-order chi connectivity index (χ1) is 7.58. The van der Waals surface area contributed by atoms with Gasteiger partial charge in [-0.25, -0.2) is 8.42 Å². The van der Waals surface area contributed by atoms with Gasteiger partial charge in [-0.1, -0.05) is 11.6 Å². The summed E-state index contributed by atoms with van der Waals surface area (Å²) < 4.78 is 23.9. The molecule has 1 aromatic heterocycles. The fourth-order valence-electron chi connectivity index (χ4n) is 1.27. The van der Waals surface area contributed by atoms with E-state index < -0.39 is 9.84 Å².